The number of methoxy groups -OCH3 is 2. The number of carbonyl (C=O) groups excluding carboxylic acids is 1. The fourth-order valence-electron chi connectivity index (χ4n) is 3.29. The Labute approximate surface area is 178 Å². The molecule has 1 fully saturated rings. The molecule has 5 nitrogen and oxygen atoms in total. The van der Waals surface area contributed by atoms with E-state index in [0.29, 0.717) is 25.4 Å². The van der Waals surface area contributed by atoms with E-state index in [1.54, 1.807) is 25.3 Å². The van der Waals surface area contributed by atoms with Crippen molar-refractivity contribution in [2.45, 2.75) is 6.54 Å². The van der Waals surface area contributed by atoms with Crippen LogP contribution in [0.15, 0.2) is 46.9 Å². The first-order valence-corrected chi connectivity index (χ1v) is 10.1. The number of hydrogen-bond donors (Lipinski definition) is 0. The number of carbonyl (C=O) groups is 1. The Balaban J connectivity index is 1.54. The fourth-order valence-corrected chi connectivity index (χ4v) is 3.67. The number of piperazine rings is 1. The molecule has 154 valence electrons. The van der Waals surface area contributed by atoms with Gasteiger partial charge in [-0.2, -0.15) is 0 Å². The van der Waals surface area contributed by atoms with Crippen LogP contribution in [0.5, 0.6) is 11.5 Å². The van der Waals surface area contributed by atoms with Gasteiger partial charge in [-0.05, 0) is 42.0 Å². The smallest absolute Gasteiger partial charge is 0.246 e. The molecule has 0 spiro atoms. The van der Waals surface area contributed by atoms with E-state index in [9.17, 15) is 9.18 Å². The number of amides is 1. The Morgan fingerprint density at radius 3 is 2.41 bits per heavy atom. The standard InChI is InChI=1S/C22H24BrFN2O3/c1-28-20-7-5-18(23)14-17(20)4-8-22(27)26-11-9-25(10-12-26)15-16-3-6-21(29-2)19(24)13-16/h3-8,13-14H,9-12,15H2,1-2H3. The molecule has 3 rings (SSSR count). The minimum atomic E-state index is -0.355. The molecule has 2 aromatic carbocycles. The first-order valence-electron chi connectivity index (χ1n) is 9.35. The lowest BCUT2D eigenvalue weighted by Crippen LogP contribution is -2.47. The van der Waals surface area contributed by atoms with E-state index in [4.69, 9.17) is 9.47 Å². The summed E-state index contributed by atoms with van der Waals surface area (Å²) in [5.74, 6) is 0.584. The molecule has 1 amide bonds. The Bertz CT molecular complexity index is 896. The molecule has 0 bridgehead atoms. The van der Waals surface area contributed by atoms with E-state index >= 15 is 0 Å². The molecule has 0 saturated carbocycles. The predicted molar refractivity (Wildman–Crippen MR) is 115 cm³/mol. The maximum absolute atomic E-state index is 13.9. The lowest BCUT2D eigenvalue weighted by atomic mass is 10.1. The highest BCUT2D eigenvalue weighted by Gasteiger charge is 2.20. The van der Waals surface area contributed by atoms with Crippen LogP contribution in [-0.4, -0.2) is 56.1 Å². The van der Waals surface area contributed by atoms with E-state index in [1.807, 2.05) is 29.2 Å². The second kappa shape index (κ2) is 9.89. The lowest BCUT2D eigenvalue weighted by molar-refractivity contribution is -0.127. The molecule has 1 aliphatic heterocycles. The molecular weight excluding hydrogens is 439 g/mol. The third kappa shape index (κ3) is 5.58. The van der Waals surface area contributed by atoms with Crippen LogP contribution >= 0.6 is 15.9 Å². The minimum absolute atomic E-state index is 0.0258. The largest absolute Gasteiger partial charge is 0.496 e. The summed E-state index contributed by atoms with van der Waals surface area (Å²) in [7, 11) is 3.06. The third-order valence-corrected chi connectivity index (χ3v) is 5.40. The van der Waals surface area contributed by atoms with Crippen molar-refractivity contribution in [3.8, 4) is 11.5 Å². The average molecular weight is 463 g/mol. The first-order chi connectivity index (χ1) is 14.0. The maximum Gasteiger partial charge on any atom is 0.246 e. The predicted octanol–water partition coefficient (Wildman–Crippen LogP) is 3.96. The molecule has 0 radical (unpaired) electrons. The van der Waals surface area contributed by atoms with Crippen LogP contribution in [0.2, 0.25) is 0 Å². The van der Waals surface area contributed by atoms with E-state index in [1.165, 1.54) is 13.2 Å². The summed E-state index contributed by atoms with van der Waals surface area (Å²) >= 11 is 3.43. The first kappa shape index (κ1) is 21.3. The SMILES string of the molecule is COc1ccc(CN2CCN(C(=O)C=Cc3cc(Br)ccc3OC)CC2)cc1F. The van der Waals surface area contributed by atoms with E-state index in [-0.39, 0.29) is 17.5 Å². The van der Waals surface area contributed by atoms with Gasteiger partial charge in [0, 0.05) is 48.8 Å². The molecule has 1 aliphatic rings. The van der Waals surface area contributed by atoms with Crippen molar-refractivity contribution >= 4 is 27.9 Å². The van der Waals surface area contributed by atoms with Crippen molar-refractivity contribution in [3.05, 3.63) is 63.9 Å². The number of halogens is 2. The van der Waals surface area contributed by atoms with Gasteiger partial charge in [0.1, 0.15) is 5.75 Å². The highest BCUT2D eigenvalue weighted by Crippen LogP contribution is 2.24. The van der Waals surface area contributed by atoms with Gasteiger partial charge < -0.3 is 14.4 Å². The number of hydrogen-bond acceptors (Lipinski definition) is 4. The van der Waals surface area contributed by atoms with Crippen molar-refractivity contribution in [1.29, 1.82) is 0 Å². The van der Waals surface area contributed by atoms with Crippen LogP contribution < -0.4 is 9.47 Å². The van der Waals surface area contributed by atoms with E-state index < -0.39 is 0 Å². The van der Waals surface area contributed by atoms with Crippen LogP contribution in [0.4, 0.5) is 4.39 Å². The number of nitrogens with zero attached hydrogens (tertiary/aromatic N) is 2. The molecule has 29 heavy (non-hydrogen) atoms. The van der Waals surface area contributed by atoms with Gasteiger partial charge in [0.05, 0.1) is 14.2 Å². The van der Waals surface area contributed by atoms with Crippen molar-refractivity contribution in [1.82, 2.24) is 9.80 Å². The van der Waals surface area contributed by atoms with Crippen molar-refractivity contribution in [2.24, 2.45) is 0 Å². The van der Waals surface area contributed by atoms with Crippen LogP contribution in [0, 0.1) is 5.82 Å². The summed E-state index contributed by atoms with van der Waals surface area (Å²) in [6, 6.07) is 10.7. The zero-order chi connectivity index (χ0) is 20.8. The minimum Gasteiger partial charge on any atom is -0.496 e. The third-order valence-electron chi connectivity index (χ3n) is 4.90. The van der Waals surface area contributed by atoms with Crippen molar-refractivity contribution < 1.29 is 18.7 Å². The highest BCUT2D eigenvalue weighted by molar-refractivity contribution is 9.10. The summed E-state index contributed by atoms with van der Waals surface area (Å²) in [4.78, 5) is 16.6. The molecule has 0 aliphatic carbocycles. The molecule has 0 unspecified atom stereocenters. The van der Waals surface area contributed by atoms with Crippen LogP contribution in [0.3, 0.4) is 0 Å². The van der Waals surface area contributed by atoms with E-state index in [0.717, 1.165) is 28.7 Å². The summed E-state index contributed by atoms with van der Waals surface area (Å²) < 4.78 is 25.1. The quantitative estimate of drug-likeness (QED) is 0.609. The zero-order valence-electron chi connectivity index (χ0n) is 16.5. The van der Waals surface area contributed by atoms with Gasteiger partial charge in [0.2, 0.25) is 5.91 Å². The summed E-state index contributed by atoms with van der Waals surface area (Å²) in [5, 5.41) is 0. The average Bonchev–Trinajstić information content (AvgIpc) is 2.73. The molecule has 7 heteroatoms. The molecular formula is C22H24BrFN2O3. The Morgan fingerprint density at radius 1 is 1.07 bits per heavy atom. The monoisotopic (exact) mass is 462 g/mol. The topological polar surface area (TPSA) is 42.0 Å². The second-order valence-electron chi connectivity index (χ2n) is 6.79. The Morgan fingerprint density at radius 2 is 1.76 bits per heavy atom. The summed E-state index contributed by atoms with van der Waals surface area (Å²) in [6.07, 6.45) is 3.36. The Hall–Kier alpha value is -2.38. The van der Waals surface area contributed by atoms with Gasteiger partial charge in [0.25, 0.3) is 0 Å². The molecule has 0 atom stereocenters. The molecule has 0 aromatic heterocycles. The maximum atomic E-state index is 13.9. The van der Waals surface area contributed by atoms with Gasteiger partial charge in [0.15, 0.2) is 11.6 Å². The zero-order valence-corrected chi connectivity index (χ0v) is 18.1. The molecule has 2 aromatic rings. The van der Waals surface area contributed by atoms with Gasteiger partial charge >= 0.3 is 0 Å². The van der Waals surface area contributed by atoms with Crippen LogP contribution in [0.1, 0.15) is 11.1 Å². The van der Waals surface area contributed by atoms with Gasteiger partial charge in [-0.25, -0.2) is 4.39 Å². The van der Waals surface area contributed by atoms with Gasteiger partial charge in [-0.3, -0.25) is 9.69 Å². The molecule has 1 heterocycles. The molecule has 1 saturated heterocycles. The lowest BCUT2D eigenvalue weighted by Gasteiger charge is -2.34. The van der Waals surface area contributed by atoms with Crippen LogP contribution in [0.25, 0.3) is 6.08 Å². The number of benzene rings is 2. The van der Waals surface area contributed by atoms with E-state index in [2.05, 4.69) is 20.8 Å². The van der Waals surface area contributed by atoms with Crippen LogP contribution in [-0.2, 0) is 11.3 Å². The summed E-state index contributed by atoms with van der Waals surface area (Å²) in [6.45, 7) is 3.41. The second-order valence-corrected chi connectivity index (χ2v) is 7.71. The Kier molecular flexibility index (Phi) is 7.28. The number of ether oxygens (including phenoxy) is 2. The molecule has 0 N–H and O–H groups in total. The normalized spacial score (nSPS) is 15.0. The van der Waals surface area contributed by atoms with Crippen molar-refractivity contribution in [2.75, 3.05) is 40.4 Å². The highest BCUT2D eigenvalue weighted by atomic mass is 79.9. The van der Waals surface area contributed by atoms with Gasteiger partial charge in [-0.1, -0.05) is 22.0 Å². The summed E-state index contributed by atoms with van der Waals surface area (Å²) in [5.41, 5.74) is 1.74. The van der Waals surface area contributed by atoms with Crippen molar-refractivity contribution in [3.63, 3.8) is 0 Å². The fraction of sp³-hybridized carbons (Fsp3) is 0.318. The van der Waals surface area contributed by atoms with Gasteiger partial charge in [-0.15, -0.1) is 0 Å². The number of rotatable bonds is 6.